The minimum Gasteiger partial charge on any atom is -0.389 e. The average molecular weight is 216 g/mol. The van der Waals surface area contributed by atoms with Crippen molar-refractivity contribution in [3.05, 3.63) is 45.0 Å². The number of aliphatic hydroxyl groups excluding tert-OH is 1. The van der Waals surface area contributed by atoms with Crippen molar-refractivity contribution in [3.63, 3.8) is 0 Å². The number of nitro groups is 1. The van der Waals surface area contributed by atoms with E-state index < -0.39 is 17.6 Å². The minimum absolute atomic E-state index is 0.223. The maximum atomic E-state index is 10.4. The molecule has 5 heteroatoms. The maximum absolute atomic E-state index is 10.4. The second-order valence-electron chi connectivity index (χ2n) is 2.95. The van der Waals surface area contributed by atoms with Crippen molar-refractivity contribution in [2.45, 2.75) is 12.5 Å². The lowest BCUT2D eigenvalue weighted by atomic mass is 10.1. The predicted octanol–water partition coefficient (Wildman–Crippen LogP) is 1.52. The molecule has 0 amide bonds. The molecular formula is C9H10ClNO3. The Morgan fingerprint density at radius 3 is 2.43 bits per heavy atom. The third-order valence-corrected chi connectivity index (χ3v) is 2.15. The number of hydrogen-bond donors (Lipinski definition) is 1. The highest BCUT2D eigenvalue weighted by atomic mass is 35.5. The molecule has 14 heavy (non-hydrogen) atoms. The largest absolute Gasteiger partial charge is 0.389 e. The summed E-state index contributed by atoms with van der Waals surface area (Å²) in [6, 6.07) is 5.84. The van der Waals surface area contributed by atoms with E-state index in [0.717, 1.165) is 5.56 Å². The SMILES string of the molecule is O=[N+]([O-])[C@@H](CO)Cc1ccc(Cl)cc1. The molecular weight excluding hydrogens is 206 g/mol. The van der Waals surface area contributed by atoms with Crippen molar-refractivity contribution in [1.29, 1.82) is 0 Å². The van der Waals surface area contributed by atoms with E-state index in [9.17, 15) is 10.1 Å². The highest BCUT2D eigenvalue weighted by Gasteiger charge is 2.18. The van der Waals surface area contributed by atoms with Crippen LogP contribution >= 0.6 is 11.6 Å². The first-order valence-electron chi connectivity index (χ1n) is 4.12. The molecule has 0 unspecified atom stereocenters. The lowest BCUT2D eigenvalue weighted by molar-refractivity contribution is -0.525. The van der Waals surface area contributed by atoms with Crippen LogP contribution in [0, 0.1) is 10.1 Å². The summed E-state index contributed by atoms with van der Waals surface area (Å²) in [5.74, 6) is 0. The number of benzene rings is 1. The van der Waals surface area contributed by atoms with E-state index in [-0.39, 0.29) is 6.42 Å². The van der Waals surface area contributed by atoms with Gasteiger partial charge in [-0.2, -0.15) is 0 Å². The van der Waals surface area contributed by atoms with Crippen LogP contribution in [-0.4, -0.2) is 22.7 Å². The van der Waals surface area contributed by atoms with Crippen LogP contribution in [0.2, 0.25) is 5.02 Å². The zero-order valence-electron chi connectivity index (χ0n) is 7.39. The monoisotopic (exact) mass is 215 g/mol. The second-order valence-corrected chi connectivity index (χ2v) is 3.39. The van der Waals surface area contributed by atoms with Crippen LogP contribution in [0.5, 0.6) is 0 Å². The lowest BCUT2D eigenvalue weighted by Crippen LogP contribution is -2.26. The van der Waals surface area contributed by atoms with Crippen molar-refractivity contribution < 1.29 is 10.0 Å². The van der Waals surface area contributed by atoms with Gasteiger partial charge >= 0.3 is 0 Å². The molecule has 0 bridgehead atoms. The van der Waals surface area contributed by atoms with E-state index in [1.54, 1.807) is 24.3 Å². The van der Waals surface area contributed by atoms with Crippen LogP contribution in [0.1, 0.15) is 5.56 Å². The van der Waals surface area contributed by atoms with E-state index in [0.29, 0.717) is 5.02 Å². The zero-order valence-corrected chi connectivity index (χ0v) is 8.15. The molecule has 0 saturated carbocycles. The molecule has 0 heterocycles. The molecule has 1 atom stereocenters. The first kappa shape index (κ1) is 10.9. The van der Waals surface area contributed by atoms with Gasteiger partial charge < -0.3 is 5.11 Å². The summed E-state index contributed by atoms with van der Waals surface area (Å²) in [5.41, 5.74) is 0.796. The van der Waals surface area contributed by atoms with E-state index in [4.69, 9.17) is 16.7 Å². The fraction of sp³-hybridized carbons (Fsp3) is 0.333. The lowest BCUT2D eigenvalue weighted by Gasteiger charge is -2.05. The highest BCUT2D eigenvalue weighted by Crippen LogP contribution is 2.11. The third-order valence-electron chi connectivity index (χ3n) is 1.89. The molecule has 1 rings (SSSR count). The van der Waals surface area contributed by atoms with Gasteiger partial charge in [0.2, 0.25) is 6.04 Å². The molecule has 0 aromatic heterocycles. The molecule has 76 valence electrons. The molecule has 0 radical (unpaired) electrons. The van der Waals surface area contributed by atoms with Crippen LogP contribution in [0.25, 0.3) is 0 Å². The van der Waals surface area contributed by atoms with Gasteiger partial charge in [-0.3, -0.25) is 10.1 Å². The Kier molecular flexibility index (Phi) is 3.85. The number of hydrogen-bond acceptors (Lipinski definition) is 3. The molecule has 4 nitrogen and oxygen atoms in total. The summed E-state index contributed by atoms with van der Waals surface area (Å²) in [5, 5.41) is 19.8. The van der Waals surface area contributed by atoms with Gasteiger partial charge in [-0.25, -0.2) is 0 Å². The summed E-state index contributed by atoms with van der Waals surface area (Å²) in [4.78, 5) is 9.94. The normalized spacial score (nSPS) is 12.4. The first-order chi connectivity index (χ1) is 6.63. The van der Waals surface area contributed by atoms with Gasteiger partial charge in [0, 0.05) is 16.4 Å². The molecule has 0 saturated heterocycles. The minimum atomic E-state index is -0.934. The Hall–Kier alpha value is -1.13. The molecule has 0 aliphatic rings. The van der Waals surface area contributed by atoms with Crippen LogP contribution in [-0.2, 0) is 6.42 Å². The molecule has 1 aromatic carbocycles. The quantitative estimate of drug-likeness (QED) is 0.612. The first-order valence-corrected chi connectivity index (χ1v) is 4.50. The van der Waals surface area contributed by atoms with Gasteiger partial charge in [-0.05, 0) is 17.7 Å². The molecule has 0 fully saturated rings. The fourth-order valence-corrected chi connectivity index (χ4v) is 1.22. The van der Waals surface area contributed by atoms with Gasteiger partial charge in [0.05, 0.1) is 0 Å². The smallest absolute Gasteiger partial charge is 0.239 e. The average Bonchev–Trinajstić information content (AvgIpc) is 2.16. The third kappa shape index (κ3) is 2.97. The van der Waals surface area contributed by atoms with Gasteiger partial charge in [-0.15, -0.1) is 0 Å². The number of nitrogens with zero attached hydrogens (tertiary/aromatic N) is 1. The summed E-state index contributed by atoms with van der Waals surface area (Å²) >= 11 is 5.66. The Morgan fingerprint density at radius 2 is 2.00 bits per heavy atom. The van der Waals surface area contributed by atoms with E-state index >= 15 is 0 Å². The van der Waals surface area contributed by atoms with Crippen molar-refractivity contribution in [2.75, 3.05) is 6.61 Å². The number of aliphatic hydroxyl groups is 1. The fourth-order valence-electron chi connectivity index (χ4n) is 1.10. The summed E-state index contributed by atoms with van der Waals surface area (Å²) in [7, 11) is 0. The van der Waals surface area contributed by atoms with Crippen LogP contribution in [0.4, 0.5) is 0 Å². The topological polar surface area (TPSA) is 63.4 Å². The summed E-state index contributed by atoms with van der Waals surface area (Å²) < 4.78 is 0. The Balaban J connectivity index is 2.67. The Bertz CT molecular complexity index is 312. The van der Waals surface area contributed by atoms with E-state index in [1.165, 1.54) is 0 Å². The Morgan fingerprint density at radius 1 is 1.43 bits per heavy atom. The van der Waals surface area contributed by atoms with E-state index in [2.05, 4.69) is 0 Å². The number of rotatable bonds is 4. The highest BCUT2D eigenvalue weighted by molar-refractivity contribution is 6.30. The van der Waals surface area contributed by atoms with Crippen molar-refractivity contribution in [3.8, 4) is 0 Å². The summed E-state index contributed by atoms with van der Waals surface area (Å²) in [6.07, 6.45) is 0.223. The molecule has 0 spiro atoms. The van der Waals surface area contributed by atoms with Gasteiger partial charge in [0.15, 0.2) is 0 Å². The van der Waals surface area contributed by atoms with Crippen LogP contribution in [0.3, 0.4) is 0 Å². The van der Waals surface area contributed by atoms with Crippen molar-refractivity contribution in [2.24, 2.45) is 0 Å². The van der Waals surface area contributed by atoms with Crippen LogP contribution < -0.4 is 0 Å². The standard InChI is InChI=1S/C9H10ClNO3/c10-8-3-1-7(2-4-8)5-9(6-12)11(13)14/h1-4,9,12H,5-6H2/t9-/m1/s1. The van der Waals surface area contributed by atoms with Gasteiger partial charge in [-0.1, -0.05) is 23.7 Å². The molecule has 1 aromatic rings. The maximum Gasteiger partial charge on any atom is 0.239 e. The van der Waals surface area contributed by atoms with Gasteiger partial charge in [0.1, 0.15) is 6.61 Å². The van der Waals surface area contributed by atoms with Crippen molar-refractivity contribution >= 4 is 11.6 Å². The summed E-state index contributed by atoms with van der Waals surface area (Å²) in [6.45, 7) is -0.449. The van der Waals surface area contributed by atoms with E-state index in [1.807, 2.05) is 0 Å². The Labute approximate surface area is 86.3 Å². The zero-order chi connectivity index (χ0) is 10.6. The van der Waals surface area contributed by atoms with Crippen molar-refractivity contribution in [1.82, 2.24) is 0 Å². The molecule has 0 aliphatic heterocycles. The molecule has 1 N–H and O–H groups in total. The molecule has 0 aliphatic carbocycles. The second kappa shape index (κ2) is 4.93. The van der Waals surface area contributed by atoms with Crippen LogP contribution in [0.15, 0.2) is 24.3 Å². The van der Waals surface area contributed by atoms with Gasteiger partial charge in [0.25, 0.3) is 0 Å². The number of halogens is 1. The predicted molar refractivity (Wildman–Crippen MR) is 53.0 cm³/mol.